The first-order chi connectivity index (χ1) is 24.3. The highest BCUT2D eigenvalue weighted by atomic mass is 35.5. The molecule has 0 radical (unpaired) electrons. The van der Waals surface area contributed by atoms with Gasteiger partial charge >= 0.3 is 18.2 Å². The lowest BCUT2D eigenvalue weighted by Gasteiger charge is -2.30. The molecule has 3 aromatic rings. The minimum Gasteiger partial charge on any atom is -0.463 e. The zero-order valence-corrected chi connectivity index (χ0v) is 30.7. The van der Waals surface area contributed by atoms with Crippen molar-refractivity contribution in [1.82, 2.24) is 19.5 Å². The van der Waals surface area contributed by atoms with Gasteiger partial charge in [0.25, 0.3) is 0 Å². The quantitative estimate of drug-likeness (QED) is 0.0504. The van der Waals surface area contributed by atoms with E-state index in [0.29, 0.717) is 10.5 Å². The van der Waals surface area contributed by atoms with Crippen molar-refractivity contribution in [3.8, 4) is 0 Å². The van der Waals surface area contributed by atoms with Crippen LogP contribution in [0.5, 0.6) is 0 Å². The fraction of sp³-hybridized carbons (Fsp3) is 0.545. The third kappa shape index (κ3) is 8.94. The summed E-state index contributed by atoms with van der Waals surface area (Å²) >= 11 is 6.32. The Kier molecular flexibility index (Phi) is 12.1. The number of aliphatic hydroxyl groups is 1. The first-order valence-corrected chi connectivity index (χ1v) is 16.6. The summed E-state index contributed by atoms with van der Waals surface area (Å²) in [5.41, 5.74) is 5.63. The van der Waals surface area contributed by atoms with Crippen LogP contribution in [0.25, 0.3) is 21.6 Å². The van der Waals surface area contributed by atoms with Gasteiger partial charge in [-0.25, -0.2) is 19.4 Å². The fourth-order valence-electron chi connectivity index (χ4n) is 5.27. The third-order valence-electron chi connectivity index (χ3n) is 7.50. The number of ketones is 1. The molecular formula is C33H41ClN8O10. The van der Waals surface area contributed by atoms with E-state index in [1.807, 2.05) is 0 Å². The van der Waals surface area contributed by atoms with Crippen molar-refractivity contribution in [3.63, 3.8) is 0 Å². The van der Waals surface area contributed by atoms with Crippen molar-refractivity contribution in [2.45, 2.75) is 103 Å². The number of amides is 2. The summed E-state index contributed by atoms with van der Waals surface area (Å²) in [6.45, 7) is 11.8. The topological polar surface area (TPSA) is 230 Å². The van der Waals surface area contributed by atoms with Crippen molar-refractivity contribution in [3.05, 3.63) is 57.9 Å². The molecule has 52 heavy (non-hydrogen) atoms. The fourth-order valence-corrected chi connectivity index (χ4v) is 5.43. The molecule has 280 valence electrons. The van der Waals surface area contributed by atoms with Gasteiger partial charge in [-0.05, 0) is 78.1 Å². The Morgan fingerprint density at radius 3 is 2.21 bits per heavy atom. The summed E-state index contributed by atoms with van der Waals surface area (Å²) in [6.07, 6.45) is -5.42. The van der Waals surface area contributed by atoms with E-state index in [-0.39, 0.29) is 24.2 Å². The second kappa shape index (κ2) is 15.8. The maximum atomic E-state index is 13.4. The normalized spacial score (nSPS) is 20.0. The van der Waals surface area contributed by atoms with E-state index >= 15 is 0 Å². The van der Waals surface area contributed by atoms with Crippen LogP contribution in [0, 0.1) is 0 Å². The van der Waals surface area contributed by atoms with Gasteiger partial charge in [-0.15, -0.1) is 0 Å². The molecular weight excluding hydrogens is 704 g/mol. The van der Waals surface area contributed by atoms with Gasteiger partial charge < -0.3 is 28.8 Å². The molecule has 1 N–H and O–H groups in total. The molecule has 1 aliphatic rings. The molecule has 0 bridgehead atoms. The second-order valence-corrected chi connectivity index (χ2v) is 14.1. The molecule has 2 amide bonds. The predicted octanol–water partition coefficient (Wildman–Crippen LogP) is 5.24. The Morgan fingerprint density at radius 1 is 1.06 bits per heavy atom. The highest BCUT2D eigenvalue weighted by Crippen LogP contribution is 2.37. The summed E-state index contributed by atoms with van der Waals surface area (Å²) < 4.78 is 29.6. The molecule has 0 aliphatic carbocycles. The van der Waals surface area contributed by atoms with E-state index in [9.17, 15) is 29.8 Å². The standard InChI is InChI=1S/C33H41ClN8O10/c1-9-48-27(45)33(18(2)43,15-19-13-11-10-12-14-19)49-16-20-23(44)21(39-40-35)26(50-20)41-17-36-22-24(41)37-28(34)38-25(22)42(29(46)51-31(3,4)5)30(47)52-32(6,7)8/h10-14,17,20-21,23,26,44H,9,15-16H2,1-8H3/t20-,21+,23-,26-,33?/m1/s1. The number of hydrogen-bond donors (Lipinski definition) is 1. The Bertz CT molecular complexity index is 1830. The highest BCUT2D eigenvalue weighted by molar-refractivity contribution is 6.29. The van der Waals surface area contributed by atoms with Gasteiger partial charge in [0, 0.05) is 11.3 Å². The minimum absolute atomic E-state index is 0.0327. The maximum Gasteiger partial charge on any atom is 0.425 e. The largest absolute Gasteiger partial charge is 0.463 e. The summed E-state index contributed by atoms with van der Waals surface area (Å²) in [4.78, 5) is 69.2. The number of carbonyl (C=O) groups excluding carboxylic acids is 4. The molecule has 2 aromatic heterocycles. The molecule has 1 unspecified atom stereocenters. The number of hydrogen-bond acceptors (Lipinski definition) is 14. The van der Waals surface area contributed by atoms with E-state index < -0.39 is 82.9 Å². The monoisotopic (exact) mass is 744 g/mol. The smallest absolute Gasteiger partial charge is 0.425 e. The number of aromatic nitrogens is 4. The van der Waals surface area contributed by atoms with Crippen LogP contribution in [0.4, 0.5) is 15.4 Å². The highest BCUT2D eigenvalue weighted by Gasteiger charge is 2.50. The Balaban J connectivity index is 1.75. The van der Waals surface area contributed by atoms with E-state index in [2.05, 4.69) is 25.0 Å². The number of imide groups is 1. The van der Waals surface area contributed by atoms with Gasteiger partial charge in [-0.2, -0.15) is 14.9 Å². The number of ether oxygens (including phenoxy) is 5. The van der Waals surface area contributed by atoms with Crippen LogP contribution in [0.2, 0.25) is 5.28 Å². The van der Waals surface area contributed by atoms with Crippen LogP contribution in [0.3, 0.4) is 0 Å². The van der Waals surface area contributed by atoms with Crippen LogP contribution in [0.15, 0.2) is 41.8 Å². The predicted molar refractivity (Wildman–Crippen MR) is 184 cm³/mol. The van der Waals surface area contributed by atoms with Crippen molar-refractivity contribution in [2.24, 2.45) is 5.11 Å². The molecule has 18 nitrogen and oxygen atoms in total. The van der Waals surface area contributed by atoms with Crippen LogP contribution in [-0.2, 0) is 39.7 Å². The summed E-state index contributed by atoms with van der Waals surface area (Å²) in [5.74, 6) is -1.97. The Morgan fingerprint density at radius 2 is 1.67 bits per heavy atom. The molecule has 4 rings (SSSR count). The van der Waals surface area contributed by atoms with Crippen molar-refractivity contribution in [2.75, 3.05) is 18.1 Å². The molecule has 1 aliphatic heterocycles. The number of aliphatic hydroxyl groups excluding tert-OH is 1. The number of imidazole rings is 1. The molecule has 5 atom stereocenters. The number of anilines is 1. The lowest BCUT2D eigenvalue weighted by molar-refractivity contribution is -0.183. The van der Waals surface area contributed by atoms with E-state index in [1.54, 1.807) is 78.8 Å². The number of esters is 1. The number of benzene rings is 1. The summed E-state index contributed by atoms with van der Waals surface area (Å²) in [5, 5.41) is 14.7. The lowest BCUT2D eigenvalue weighted by atomic mass is 9.90. The molecule has 0 saturated carbocycles. The molecule has 19 heteroatoms. The van der Waals surface area contributed by atoms with E-state index in [1.165, 1.54) is 17.8 Å². The molecule has 1 fully saturated rings. The van der Waals surface area contributed by atoms with Gasteiger partial charge in [0.05, 0.1) is 25.6 Å². The average Bonchev–Trinajstić information content (AvgIpc) is 3.58. The van der Waals surface area contributed by atoms with Gasteiger partial charge in [0.15, 0.2) is 22.8 Å². The van der Waals surface area contributed by atoms with E-state index in [0.717, 1.165) is 0 Å². The Labute approximate surface area is 303 Å². The van der Waals surface area contributed by atoms with Gasteiger partial charge in [0.1, 0.15) is 29.6 Å². The Hall–Kier alpha value is -4.87. The van der Waals surface area contributed by atoms with Crippen molar-refractivity contribution >= 4 is 52.5 Å². The van der Waals surface area contributed by atoms with Crippen LogP contribution >= 0.6 is 11.6 Å². The van der Waals surface area contributed by atoms with Crippen LogP contribution in [-0.4, -0.2) is 96.8 Å². The number of carbonyl (C=O) groups is 4. The van der Waals surface area contributed by atoms with Gasteiger partial charge in [0.2, 0.25) is 10.9 Å². The lowest BCUT2D eigenvalue weighted by Crippen LogP contribution is -2.52. The van der Waals surface area contributed by atoms with Crippen LogP contribution in [0.1, 0.15) is 67.2 Å². The minimum atomic E-state index is -2.10. The second-order valence-electron chi connectivity index (χ2n) is 13.8. The maximum absolute atomic E-state index is 13.4. The zero-order chi connectivity index (χ0) is 38.6. The first kappa shape index (κ1) is 39.9. The number of azide groups is 1. The zero-order valence-electron chi connectivity index (χ0n) is 30.0. The average molecular weight is 745 g/mol. The van der Waals surface area contributed by atoms with E-state index in [4.69, 9.17) is 35.3 Å². The summed E-state index contributed by atoms with van der Waals surface area (Å²) in [7, 11) is 0. The van der Waals surface area contributed by atoms with Gasteiger partial charge in [-0.3, -0.25) is 9.36 Å². The molecule has 1 aromatic carbocycles. The number of rotatable bonds is 11. The summed E-state index contributed by atoms with van der Waals surface area (Å²) in [6, 6.07) is 7.34. The molecule has 3 heterocycles. The van der Waals surface area contributed by atoms with Crippen molar-refractivity contribution < 1.29 is 48.0 Å². The van der Waals surface area contributed by atoms with Crippen molar-refractivity contribution in [1.29, 1.82) is 0 Å². The first-order valence-electron chi connectivity index (χ1n) is 16.2. The molecule has 1 saturated heterocycles. The number of Topliss-reactive ketones (excluding diaryl/α,β-unsaturated/α-hetero) is 1. The molecule has 0 spiro atoms. The van der Waals surface area contributed by atoms with Crippen LogP contribution < -0.4 is 4.90 Å². The number of halogens is 1. The third-order valence-corrected chi connectivity index (χ3v) is 7.67. The SMILES string of the molecule is CCOC(=O)C(Cc1ccccc1)(OC[C@H]1O[C@@H](n2cnc3c(N(C(=O)OC(C)(C)C)C(=O)OC(C)(C)C)nc(Cl)nc32)[C@@H](N=[N+]=[N-])[C@@H]1O)C(C)=O. The number of nitrogens with zero attached hydrogens (tertiary/aromatic N) is 8. The van der Waals surface area contributed by atoms with Gasteiger partial charge in [-0.1, -0.05) is 35.4 Å². The number of fused-ring (bicyclic) bond motifs is 1.